The minimum atomic E-state index is -0.237. The molecule has 3 N–H and O–H groups in total. The van der Waals surface area contributed by atoms with E-state index in [1.54, 1.807) is 12.1 Å². The second-order valence-electron chi connectivity index (χ2n) is 5.19. The van der Waals surface area contributed by atoms with E-state index in [0.717, 1.165) is 5.75 Å². The van der Waals surface area contributed by atoms with Crippen molar-refractivity contribution in [2.24, 2.45) is 11.7 Å². The van der Waals surface area contributed by atoms with Crippen LogP contribution in [0, 0.1) is 5.92 Å². The molecule has 1 heterocycles. The quantitative estimate of drug-likeness (QED) is 0.856. The van der Waals surface area contributed by atoms with Crippen molar-refractivity contribution in [2.45, 2.75) is 20.4 Å². The molecule has 1 aromatic heterocycles. The number of nitrogens with two attached hydrogens (primary N) is 1. The predicted octanol–water partition coefficient (Wildman–Crippen LogP) is 3.03. The molecule has 112 valence electrons. The Hall–Kier alpha value is -2.27. The molecule has 0 saturated carbocycles. The van der Waals surface area contributed by atoms with E-state index in [9.17, 15) is 4.79 Å². The van der Waals surface area contributed by atoms with E-state index in [-0.39, 0.29) is 12.5 Å². The van der Waals surface area contributed by atoms with Crippen molar-refractivity contribution in [2.75, 3.05) is 11.9 Å². The zero-order valence-corrected chi connectivity index (χ0v) is 12.3. The van der Waals surface area contributed by atoms with Crippen molar-refractivity contribution < 1.29 is 13.9 Å². The molecular weight excluding hydrogens is 268 g/mol. The van der Waals surface area contributed by atoms with Gasteiger partial charge in [0.15, 0.2) is 0 Å². The molecule has 0 spiro atoms. The maximum absolute atomic E-state index is 12.1. The van der Waals surface area contributed by atoms with E-state index in [0.29, 0.717) is 29.5 Å². The van der Waals surface area contributed by atoms with E-state index in [1.165, 1.54) is 6.26 Å². The van der Waals surface area contributed by atoms with E-state index >= 15 is 0 Å². The molecule has 0 fully saturated rings. The third-order valence-electron chi connectivity index (χ3n) is 2.79. The minimum Gasteiger partial charge on any atom is -0.493 e. The fourth-order valence-electron chi connectivity index (χ4n) is 1.74. The Morgan fingerprint density at radius 1 is 1.38 bits per heavy atom. The van der Waals surface area contributed by atoms with Crippen LogP contribution in [0.4, 0.5) is 5.69 Å². The summed E-state index contributed by atoms with van der Waals surface area (Å²) < 4.78 is 10.8. The highest BCUT2D eigenvalue weighted by molar-refractivity contribution is 6.04. The molecule has 0 aliphatic carbocycles. The number of hydrogen-bond donors (Lipinski definition) is 2. The first-order valence-electron chi connectivity index (χ1n) is 6.90. The zero-order valence-electron chi connectivity index (χ0n) is 12.3. The Balaban J connectivity index is 2.01. The lowest BCUT2D eigenvalue weighted by Gasteiger charge is -2.10. The monoisotopic (exact) mass is 288 g/mol. The van der Waals surface area contributed by atoms with E-state index in [2.05, 4.69) is 19.2 Å². The van der Waals surface area contributed by atoms with Gasteiger partial charge in [-0.15, -0.1) is 0 Å². The average Bonchev–Trinajstić information content (AvgIpc) is 2.94. The molecule has 0 unspecified atom stereocenters. The molecular formula is C16H20N2O3. The molecule has 2 rings (SSSR count). The van der Waals surface area contributed by atoms with Gasteiger partial charge in [0.1, 0.15) is 17.8 Å². The van der Waals surface area contributed by atoms with Crippen LogP contribution in [0.1, 0.15) is 30.0 Å². The molecule has 2 aromatic rings. The highest BCUT2D eigenvalue weighted by Gasteiger charge is 2.10. The van der Waals surface area contributed by atoms with Gasteiger partial charge >= 0.3 is 0 Å². The number of rotatable bonds is 6. The van der Waals surface area contributed by atoms with Gasteiger partial charge in [0.2, 0.25) is 0 Å². The van der Waals surface area contributed by atoms with Gasteiger partial charge in [0.05, 0.1) is 18.7 Å². The Kier molecular flexibility index (Phi) is 5.00. The van der Waals surface area contributed by atoms with Crippen LogP contribution in [0.15, 0.2) is 41.0 Å². The maximum atomic E-state index is 12.1. The van der Waals surface area contributed by atoms with Gasteiger partial charge in [-0.2, -0.15) is 0 Å². The second kappa shape index (κ2) is 6.95. The third kappa shape index (κ3) is 4.36. The maximum Gasteiger partial charge on any atom is 0.258 e. The van der Waals surface area contributed by atoms with Gasteiger partial charge in [0.25, 0.3) is 5.91 Å². The van der Waals surface area contributed by atoms with E-state index in [4.69, 9.17) is 14.9 Å². The summed E-state index contributed by atoms with van der Waals surface area (Å²) in [6, 6.07) is 8.94. The lowest BCUT2D eigenvalue weighted by atomic mass is 10.2. The lowest BCUT2D eigenvalue weighted by molar-refractivity contribution is 0.102. The number of carbonyl (C=O) groups is 1. The molecule has 21 heavy (non-hydrogen) atoms. The van der Waals surface area contributed by atoms with Gasteiger partial charge < -0.3 is 20.2 Å². The summed E-state index contributed by atoms with van der Waals surface area (Å²) >= 11 is 0. The van der Waals surface area contributed by atoms with Gasteiger partial charge in [0, 0.05) is 11.8 Å². The number of benzene rings is 1. The number of furan rings is 1. The fourth-order valence-corrected chi connectivity index (χ4v) is 1.74. The summed E-state index contributed by atoms with van der Waals surface area (Å²) in [4.78, 5) is 12.1. The lowest BCUT2D eigenvalue weighted by Crippen LogP contribution is -2.11. The molecule has 0 radical (unpaired) electrons. The molecule has 0 aliphatic heterocycles. The van der Waals surface area contributed by atoms with Crippen LogP contribution >= 0.6 is 0 Å². The smallest absolute Gasteiger partial charge is 0.258 e. The van der Waals surface area contributed by atoms with Crippen LogP contribution in [0.3, 0.4) is 0 Å². The number of ether oxygens (including phenoxy) is 1. The number of anilines is 1. The predicted molar refractivity (Wildman–Crippen MR) is 81.3 cm³/mol. The zero-order chi connectivity index (χ0) is 15.2. The molecule has 0 aliphatic rings. The van der Waals surface area contributed by atoms with E-state index in [1.807, 2.05) is 18.2 Å². The van der Waals surface area contributed by atoms with E-state index < -0.39 is 0 Å². The van der Waals surface area contributed by atoms with Crippen molar-refractivity contribution in [1.29, 1.82) is 0 Å². The first-order chi connectivity index (χ1) is 10.1. The van der Waals surface area contributed by atoms with Crippen molar-refractivity contribution in [3.63, 3.8) is 0 Å². The fraction of sp³-hybridized carbons (Fsp3) is 0.312. The Bertz CT molecular complexity index is 605. The Morgan fingerprint density at radius 3 is 2.86 bits per heavy atom. The molecule has 0 bridgehead atoms. The van der Waals surface area contributed by atoms with Crippen molar-refractivity contribution >= 4 is 11.6 Å². The molecule has 0 saturated heterocycles. The summed E-state index contributed by atoms with van der Waals surface area (Å²) in [5, 5.41) is 2.80. The second-order valence-corrected chi connectivity index (χ2v) is 5.19. The number of amides is 1. The highest BCUT2D eigenvalue weighted by Crippen LogP contribution is 2.19. The van der Waals surface area contributed by atoms with Crippen molar-refractivity contribution in [1.82, 2.24) is 0 Å². The van der Waals surface area contributed by atoms with Gasteiger partial charge in [-0.05, 0) is 24.1 Å². The van der Waals surface area contributed by atoms with Crippen LogP contribution < -0.4 is 15.8 Å². The first-order valence-corrected chi connectivity index (χ1v) is 6.90. The molecule has 5 heteroatoms. The number of hydrogen-bond acceptors (Lipinski definition) is 4. The SMILES string of the molecule is CC(C)COc1cccc(NC(=O)c2coc(CN)c2)c1. The van der Waals surface area contributed by atoms with Gasteiger partial charge in [-0.3, -0.25) is 4.79 Å². The van der Waals surface area contributed by atoms with Crippen LogP contribution in [0.5, 0.6) is 5.75 Å². The van der Waals surface area contributed by atoms with Crippen LogP contribution in [-0.2, 0) is 6.54 Å². The number of nitrogens with one attached hydrogen (secondary N) is 1. The third-order valence-corrected chi connectivity index (χ3v) is 2.79. The largest absolute Gasteiger partial charge is 0.493 e. The van der Waals surface area contributed by atoms with Crippen LogP contribution in [0.25, 0.3) is 0 Å². The van der Waals surface area contributed by atoms with Crippen molar-refractivity contribution in [3.05, 3.63) is 47.9 Å². The molecule has 5 nitrogen and oxygen atoms in total. The summed E-state index contributed by atoms with van der Waals surface area (Å²) in [6.45, 7) is 5.07. The topological polar surface area (TPSA) is 77.5 Å². The van der Waals surface area contributed by atoms with Gasteiger partial charge in [-0.1, -0.05) is 19.9 Å². The Labute approximate surface area is 124 Å². The molecule has 1 aromatic carbocycles. The normalized spacial score (nSPS) is 10.7. The Morgan fingerprint density at radius 2 is 2.19 bits per heavy atom. The highest BCUT2D eigenvalue weighted by atomic mass is 16.5. The van der Waals surface area contributed by atoms with Gasteiger partial charge in [-0.25, -0.2) is 0 Å². The van der Waals surface area contributed by atoms with Crippen molar-refractivity contribution in [3.8, 4) is 5.75 Å². The minimum absolute atomic E-state index is 0.237. The summed E-state index contributed by atoms with van der Waals surface area (Å²) in [5.41, 5.74) is 6.58. The standard InChI is InChI=1S/C16H20N2O3/c1-11(2)9-20-14-5-3-4-13(7-14)18-16(19)12-6-15(8-17)21-10-12/h3-7,10-11H,8-9,17H2,1-2H3,(H,18,19). The first kappa shape index (κ1) is 15.1. The molecule has 1 amide bonds. The number of carbonyl (C=O) groups excluding carboxylic acids is 1. The summed E-state index contributed by atoms with van der Waals surface area (Å²) in [5.74, 6) is 1.52. The molecule has 0 atom stereocenters. The average molecular weight is 288 g/mol. The summed E-state index contributed by atoms with van der Waals surface area (Å²) in [6.07, 6.45) is 1.40. The summed E-state index contributed by atoms with van der Waals surface area (Å²) in [7, 11) is 0. The van der Waals surface area contributed by atoms with Crippen LogP contribution in [-0.4, -0.2) is 12.5 Å². The van der Waals surface area contributed by atoms with Crippen LogP contribution in [0.2, 0.25) is 0 Å².